The summed E-state index contributed by atoms with van der Waals surface area (Å²) in [6.07, 6.45) is 2.29. The van der Waals surface area contributed by atoms with E-state index in [4.69, 9.17) is 0 Å². The summed E-state index contributed by atoms with van der Waals surface area (Å²) in [7, 11) is 0. The number of hydrogen-bond donors (Lipinski definition) is 0. The lowest BCUT2D eigenvalue weighted by molar-refractivity contribution is 0.332. The first-order valence-corrected chi connectivity index (χ1v) is 26.0. The average Bonchev–Trinajstić information content (AvgIpc) is 3.38. The molecule has 9 aromatic carbocycles. The fourth-order valence-corrected chi connectivity index (χ4v) is 12.2. The van der Waals surface area contributed by atoms with Crippen molar-refractivity contribution in [3.8, 4) is 22.3 Å². The molecule has 0 unspecified atom stereocenters. The van der Waals surface area contributed by atoms with Gasteiger partial charge >= 0.3 is 0 Å². The molecule has 0 saturated carbocycles. The maximum Gasteiger partial charge on any atom is 0.252 e. The number of fused-ring (bicyclic) bond motifs is 5. The summed E-state index contributed by atoms with van der Waals surface area (Å²) in [5.41, 5.74) is 26.3. The van der Waals surface area contributed by atoms with Crippen molar-refractivity contribution < 1.29 is 0 Å². The van der Waals surface area contributed by atoms with Crippen LogP contribution in [0.1, 0.15) is 89.1 Å². The van der Waals surface area contributed by atoms with Gasteiger partial charge in [0.25, 0.3) is 6.71 Å². The normalized spacial score (nSPS) is 15.0. The average molecular weight is 934 g/mol. The van der Waals surface area contributed by atoms with Crippen LogP contribution < -0.4 is 31.1 Å². The third-order valence-corrected chi connectivity index (χ3v) is 16.2. The van der Waals surface area contributed by atoms with Crippen molar-refractivity contribution in [3.63, 3.8) is 0 Å². The topological polar surface area (TPSA) is 9.72 Å². The first-order valence-electron chi connectivity index (χ1n) is 26.0. The summed E-state index contributed by atoms with van der Waals surface area (Å²) in [4.78, 5) is 7.68. The summed E-state index contributed by atoms with van der Waals surface area (Å²) in [6.45, 7) is 21.4. The molecule has 0 atom stereocenters. The van der Waals surface area contributed by atoms with Crippen LogP contribution in [-0.4, -0.2) is 6.71 Å². The van der Waals surface area contributed by atoms with Crippen LogP contribution in [-0.2, 0) is 16.2 Å². The van der Waals surface area contributed by atoms with Crippen LogP contribution in [0.3, 0.4) is 0 Å². The first kappa shape index (κ1) is 45.6. The molecule has 1 aliphatic carbocycles. The predicted molar refractivity (Wildman–Crippen MR) is 309 cm³/mol. The first-order chi connectivity index (χ1) is 34.7. The van der Waals surface area contributed by atoms with Crippen molar-refractivity contribution in [2.24, 2.45) is 0 Å². The van der Waals surface area contributed by atoms with E-state index in [1.165, 1.54) is 101 Å². The Labute approximate surface area is 428 Å². The SMILES string of the molecule is Cc1cc2c3c(c1)N(c1ccc(C(C)(C)C)cc1-c1ccccc1)c1cc4c(cc1B3c1ccc(N(c3ccccc3)c3ccccc3)cc1N2c1ccc(-c2ccccc2)cc1C)C(C)(C)CCC4(C)C. The van der Waals surface area contributed by atoms with Gasteiger partial charge in [-0.3, -0.25) is 0 Å². The van der Waals surface area contributed by atoms with Crippen molar-refractivity contribution in [3.05, 3.63) is 228 Å². The fraction of sp³-hybridized carbons (Fsp3) is 0.206. The van der Waals surface area contributed by atoms with Gasteiger partial charge in [-0.05, 0) is 183 Å². The van der Waals surface area contributed by atoms with Gasteiger partial charge in [0, 0.05) is 51.1 Å². The molecule has 0 amide bonds. The van der Waals surface area contributed by atoms with E-state index in [0.29, 0.717) is 0 Å². The minimum Gasteiger partial charge on any atom is -0.311 e. The molecule has 0 aromatic heterocycles. The lowest BCUT2D eigenvalue weighted by atomic mass is 9.33. The number of para-hydroxylation sites is 2. The third-order valence-electron chi connectivity index (χ3n) is 16.2. The molecule has 3 aliphatic rings. The molecule has 4 heteroatoms. The summed E-state index contributed by atoms with van der Waals surface area (Å²) in [6, 6.07) is 75.4. The van der Waals surface area contributed by atoms with E-state index in [1.54, 1.807) is 0 Å². The molecular weight excluding hydrogens is 870 g/mol. The molecule has 2 heterocycles. The van der Waals surface area contributed by atoms with Crippen LogP contribution in [0.2, 0.25) is 0 Å². The van der Waals surface area contributed by atoms with Crippen molar-refractivity contribution >= 4 is 74.3 Å². The number of rotatable bonds is 7. The number of nitrogens with zero attached hydrogens (tertiary/aromatic N) is 3. The Kier molecular flexibility index (Phi) is 10.8. The van der Waals surface area contributed by atoms with Gasteiger partial charge in [-0.2, -0.15) is 0 Å². The van der Waals surface area contributed by atoms with Crippen LogP contribution in [0.15, 0.2) is 200 Å². The Morgan fingerprint density at radius 3 is 1.54 bits per heavy atom. The Bertz CT molecular complexity index is 3500. The second-order valence-corrected chi connectivity index (χ2v) is 23.0. The highest BCUT2D eigenvalue weighted by molar-refractivity contribution is 7.00. The number of anilines is 9. The standard InChI is InChI=1S/C68H64BN3/c1-45-38-63-65-64(39-45)72(60-35-31-50(66(3,4)5)41-54(60)48-24-16-11-17-25-48)62-44-56-55(67(6,7)36-37-68(56,8)9)43-58(62)69(65)57-33-32-53(70(51-26-18-12-19-27-51)52-28-20-13-21-29-52)42-61(57)71(63)59-34-30-49(40-46(59)2)47-22-14-10-15-23-47/h10-35,38-44H,36-37H2,1-9H3. The highest BCUT2D eigenvalue weighted by Gasteiger charge is 2.47. The van der Waals surface area contributed by atoms with Crippen molar-refractivity contribution in [2.75, 3.05) is 14.7 Å². The number of hydrogen-bond acceptors (Lipinski definition) is 3. The van der Waals surface area contributed by atoms with Crippen LogP contribution >= 0.6 is 0 Å². The van der Waals surface area contributed by atoms with Gasteiger partial charge in [0.1, 0.15) is 0 Å². The number of benzene rings is 9. The summed E-state index contributed by atoms with van der Waals surface area (Å²) in [5, 5.41) is 0. The zero-order chi connectivity index (χ0) is 49.7. The molecule has 0 fully saturated rings. The molecule has 9 aromatic rings. The second kappa shape index (κ2) is 17.1. The third kappa shape index (κ3) is 7.57. The lowest BCUT2D eigenvalue weighted by Crippen LogP contribution is -2.62. The molecular formula is C68H64BN3. The van der Waals surface area contributed by atoms with Crippen LogP contribution in [0.25, 0.3) is 22.3 Å². The lowest BCUT2D eigenvalue weighted by Gasteiger charge is -2.48. The van der Waals surface area contributed by atoms with E-state index in [9.17, 15) is 0 Å². The van der Waals surface area contributed by atoms with Crippen LogP contribution in [0.5, 0.6) is 0 Å². The molecule has 12 rings (SSSR count). The van der Waals surface area contributed by atoms with Gasteiger partial charge in [-0.25, -0.2) is 0 Å². The molecule has 2 aliphatic heterocycles. The maximum absolute atomic E-state index is 2.67. The minimum absolute atomic E-state index is 0.0138. The van der Waals surface area contributed by atoms with Crippen molar-refractivity contribution in [1.29, 1.82) is 0 Å². The summed E-state index contributed by atoms with van der Waals surface area (Å²) < 4.78 is 0. The zero-order valence-electron chi connectivity index (χ0n) is 43.4. The van der Waals surface area contributed by atoms with Gasteiger partial charge in [0.05, 0.1) is 5.69 Å². The van der Waals surface area contributed by atoms with Gasteiger partial charge in [0.2, 0.25) is 0 Å². The molecule has 0 N–H and O–H groups in total. The van der Waals surface area contributed by atoms with E-state index in [1.807, 2.05) is 0 Å². The number of aryl methyl sites for hydroxylation is 2. The minimum atomic E-state index is -0.0342. The largest absolute Gasteiger partial charge is 0.311 e. The monoisotopic (exact) mass is 934 g/mol. The Morgan fingerprint density at radius 1 is 0.431 bits per heavy atom. The Morgan fingerprint density at radius 2 is 0.958 bits per heavy atom. The second-order valence-electron chi connectivity index (χ2n) is 23.0. The molecule has 0 bridgehead atoms. The van der Waals surface area contributed by atoms with E-state index in [2.05, 4.69) is 277 Å². The summed E-state index contributed by atoms with van der Waals surface area (Å²) in [5.74, 6) is 0. The van der Waals surface area contributed by atoms with Gasteiger partial charge in [-0.1, -0.05) is 170 Å². The maximum atomic E-state index is 2.67. The summed E-state index contributed by atoms with van der Waals surface area (Å²) >= 11 is 0. The van der Waals surface area contributed by atoms with E-state index in [0.717, 1.165) is 29.9 Å². The Hall–Kier alpha value is -7.56. The zero-order valence-corrected chi connectivity index (χ0v) is 43.4. The van der Waals surface area contributed by atoms with E-state index >= 15 is 0 Å². The molecule has 3 nitrogen and oxygen atoms in total. The van der Waals surface area contributed by atoms with Crippen LogP contribution in [0.4, 0.5) is 51.2 Å². The van der Waals surface area contributed by atoms with E-state index in [-0.39, 0.29) is 23.0 Å². The Balaban J connectivity index is 1.19. The predicted octanol–water partition coefficient (Wildman–Crippen LogP) is 16.8. The molecule has 72 heavy (non-hydrogen) atoms. The highest BCUT2D eigenvalue weighted by Crippen LogP contribution is 2.53. The fourth-order valence-electron chi connectivity index (χ4n) is 12.2. The molecule has 0 saturated heterocycles. The molecule has 354 valence electrons. The van der Waals surface area contributed by atoms with Gasteiger partial charge in [0.15, 0.2) is 0 Å². The molecule has 0 spiro atoms. The smallest absolute Gasteiger partial charge is 0.252 e. The van der Waals surface area contributed by atoms with Crippen LogP contribution in [0, 0.1) is 13.8 Å². The highest BCUT2D eigenvalue weighted by atomic mass is 15.2. The van der Waals surface area contributed by atoms with Gasteiger partial charge < -0.3 is 14.7 Å². The molecule has 0 radical (unpaired) electrons. The van der Waals surface area contributed by atoms with Crippen molar-refractivity contribution in [1.82, 2.24) is 0 Å². The van der Waals surface area contributed by atoms with E-state index < -0.39 is 0 Å². The van der Waals surface area contributed by atoms with Gasteiger partial charge in [-0.15, -0.1) is 0 Å². The quantitative estimate of drug-likeness (QED) is 0.147. The van der Waals surface area contributed by atoms with Crippen molar-refractivity contribution in [2.45, 2.75) is 91.4 Å².